The van der Waals surface area contributed by atoms with Crippen LogP contribution >= 0.6 is 0 Å². The van der Waals surface area contributed by atoms with Gasteiger partial charge in [-0.1, -0.05) is 34.6 Å². The first-order chi connectivity index (χ1) is 17.5. The molecule has 1 aliphatic heterocycles. The molecular formula is C30H44FN3O4. The van der Waals surface area contributed by atoms with Crippen LogP contribution in [-0.2, 0) is 9.53 Å². The minimum atomic E-state index is -1.23. The molecule has 0 amide bonds. The maximum absolute atomic E-state index is 15.2. The molecule has 0 aromatic carbocycles. The molecule has 7 nitrogen and oxygen atoms in total. The fraction of sp³-hybridized carbons (Fsp3) is 0.633. The molecule has 210 valence electrons. The Morgan fingerprint density at radius 1 is 1.13 bits per heavy atom. The smallest absolute Gasteiger partial charge is 0.337 e. The van der Waals surface area contributed by atoms with Crippen molar-refractivity contribution in [1.82, 2.24) is 9.97 Å². The summed E-state index contributed by atoms with van der Waals surface area (Å²) in [6, 6.07) is 1.40. The number of aryl methyl sites for hydroxylation is 1. The lowest BCUT2D eigenvalue weighted by Crippen LogP contribution is -2.39. The fourth-order valence-electron chi connectivity index (χ4n) is 4.53. The number of pyridine rings is 2. The number of rotatable bonds is 8. The third-order valence-electron chi connectivity index (χ3n) is 6.89. The Hall–Kier alpha value is -2.74. The quantitative estimate of drug-likeness (QED) is 0.395. The molecule has 1 atom stereocenters. The Labute approximate surface area is 226 Å². The largest absolute Gasteiger partial charge is 0.479 e. The molecule has 2 aromatic heterocycles. The van der Waals surface area contributed by atoms with E-state index in [9.17, 15) is 9.90 Å². The Balaban J connectivity index is 2.12. The summed E-state index contributed by atoms with van der Waals surface area (Å²) in [4.78, 5) is 23.6. The summed E-state index contributed by atoms with van der Waals surface area (Å²) in [5, 5.41) is 10.2. The van der Waals surface area contributed by atoms with Crippen LogP contribution in [-0.4, -0.2) is 46.3 Å². The number of carbonyl (C=O) groups is 1. The van der Waals surface area contributed by atoms with Crippen LogP contribution in [0.2, 0.25) is 0 Å². The molecule has 8 heteroatoms. The molecule has 1 fully saturated rings. The lowest BCUT2D eigenvalue weighted by atomic mass is 9.82. The zero-order chi connectivity index (χ0) is 28.5. The lowest BCUT2D eigenvalue weighted by molar-refractivity contribution is -0.160. The summed E-state index contributed by atoms with van der Waals surface area (Å²) in [7, 11) is 0. The third kappa shape index (κ3) is 7.65. The van der Waals surface area contributed by atoms with Crippen molar-refractivity contribution in [3.05, 3.63) is 35.5 Å². The standard InChI is InChI=1S/C30H44FN3O4/c1-19-23(25(27(35)36)38-29(5,6)7)24(34-13-10-30(8,9)11-14-34)21(18-32-19)20-16-22(31)26(33-17-20)37-15-12-28(2,3)4/h16-18,25H,10-15H2,1-9H3,(H,35,36). The van der Waals surface area contributed by atoms with Crippen molar-refractivity contribution in [3.8, 4) is 17.0 Å². The number of aromatic nitrogens is 2. The van der Waals surface area contributed by atoms with E-state index in [-0.39, 0.29) is 16.7 Å². The van der Waals surface area contributed by atoms with Crippen molar-refractivity contribution in [2.24, 2.45) is 10.8 Å². The second kappa shape index (κ2) is 11.2. The summed E-state index contributed by atoms with van der Waals surface area (Å²) in [5.74, 6) is -1.70. The Kier molecular flexibility index (Phi) is 8.76. The highest BCUT2D eigenvalue weighted by Crippen LogP contribution is 2.43. The van der Waals surface area contributed by atoms with Gasteiger partial charge in [-0.15, -0.1) is 0 Å². The van der Waals surface area contributed by atoms with Gasteiger partial charge in [0, 0.05) is 47.9 Å². The molecule has 0 spiro atoms. The van der Waals surface area contributed by atoms with E-state index in [1.807, 2.05) is 20.8 Å². The van der Waals surface area contributed by atoms with Crippen LogP contribution in [0.3, 0.4) is 0 Å². The number of anilines is 1. The normalized spacial score (nSPS) is 16.8. The summed E-state index contributed by atoms with van der Waals surface area (Å²) >= 11 is 0. The van der Waals surface area contributed by atoms with Crippen LogP contribution in [0, 0.1) is 23.6 Å². The Morgan fingerprint density at radius 2 is 1.76 bits per heavy atom. The van der Waals surface area contributed by atoms with Crippen molar-refractivity contribution in [3.63, 3.8) is 0 Å². The number of carboxylic acids is 1. The van der Waals surface area contributed by atoms with Gasteiger partial charge in [-0.05, 0) is 63.9 Å². The van der Waals surface area contributed by atoms with Crippen LogP contribution in [0.25, 0.3) is 11.1 Å². The van der Waals surface area contributed by atoms with Crippen molar-refractivity contribution >= 4 is 11.7 Å². The minimum Gasteiger partial charge on any atom is -0.479 e. The Morgan fingerprint density at radius 3 is 2.29 bits per heavy atom. The average molecular weight is 530 g/mol. The van der Waals surface area contributed by atoms with Gasteiger partial charge >= 0.3 is 5.97 Å². The van der Waals surface area contributed by atoms with Crippen molar-refractivity contribution in [2.45, 2.75) is 93.3 Å². The van der Waals surface area contributed by atoms with Crippen molar-refractivity contribution in [1.29, 1.82) is 0 Å². The van der Waals surface area contributed by atoms with Gasteiger partial charge in [-0.2, -0.15) is 0 Å². The number of hydrogen-bond acceptors (Lipinski definition) is 6. The predicted octanol–water partition coefficient (Wildman–Crippen LogP) is 6.97. The molecule has 2 aromatic rings. The van der Waals surface area contributed by atoms with Crippen LogP contribution in [0.1, 0.15) is 92.0 Å². The highest BCUT2D eigenvalue weighted by Gasteiger charge is 2.36. The zero-order valence-corrected chi connectivity index (χ0v) is 24.4. The number of nitrogens with zero attached hydrogens (tertiary/aromatic N) is 3. The number of ether oxygens (including phenoxy) is 2. The van der Waals surface area contributed by atoms with Crippen molar-refractivity contribution < 1.29 is 23.8 Å². The summed E-state index contributed by atoms with van der Waals surface area (Å²) in [6.07, 6.45) is 4.67. The molecule has 3 rings (SSSR count). The molecule has 0 radical (unpaired) electrons. The highest BCUT2D eigenvalue weighted by atomic mass is 19.1. The molecular weight excluding hydrogens is 485 g/mol. The molecule has 0 aliphatic carbocycles. The van der Waals surface area contributed by atoms with Gasteiger partial charge in [0.1, 0.15) is 0 Å². The monoisotopic (exact) mass is 529 g/mol. The van der Waals surface area contributed by atoms with E-state index < -0.39 is 23.5 Å². The van der Waals surface area contributed by atoms with Crippen LogP contribution < -0.4 is 9.64 Å². The summed E-state index contributed by atoms with van der Waals surface area (Å²) in [5.41, 5.74) is 2.47. The Bertz CT molecular complexity index is 1140. The van der Waals surface area contributed by atoms with Gasteiger partial charge in [0.15, 0.2) is 11.9 Å². The molecule has 1 unspecified atom stereocenters. The first kappa shape index (κ1) is 29.8. The zero-order valence-electron chi connectivity index (χ0n) is 24.4. The molecule has 1 aliphatic rings. The highest BCUT2D eigenvalue weighted by molar-refractivity contribution is 5.86. The van der Waals surface area contributed by atoms with Crippen LogP contribution in [0.4, 0.5) is 10.1 Å². The van der Waals surface area contributed by atoms with E-state index in [2.05, 4.69) is 49.5 Å². The lowest BCUT2D eigenvalue weighted by Gasteiger charge is -2.40. The number of halogens is 1. The molecule has 1 N–H and O–H groups in total. The van der Waals surface area contributed by atoms with Crippen LogP contribution in [0.5, 0.6) is 5.88 Å². The number of carboxylic acid groups (broad SMARTS) is 1. The summed E-state index contributed by atoms with van der Waals surface area (Å²) in [6.45, 7) is 19.9. The fourth-order valence-corrected chi connectivity index (χ4v) is 4.53. The first-order valence-corrected chi connectivity index (χ1v) is 13.4. The number of hydrogen-bond donors (Lipinski definition) is 1. The van der Waals surface area contributed by atoms with Gasteiger partial charge in [-0.3, -0.25) is 4.98 Å². The second-order valence-electron chi connectivity index (χ2n) is 13.3. The van der Waals surface area contributed by atoms with Gasteiger partial charge in [0.05, 0.1) is 17.9 Å². The van der Waals surface area contributed by atoms with Gasteiger partial charge in [-0.25, -0.2) is 14.2 Å². The molecule has 3 heterocycles. The molecule has 0 bridgehead atoms. The van der Waals surface area contributed by atoms with E-state index in [1.54, 1.807) is 19.3 Å². The second-order valence-corrected chi connectivity index (χ2v) is 13.3. The summed E-state index contributed by atoms with van der Waals surface area (Å²) < 4.78 is 26.9. The topological polar surface area (TPSA) is 84.8 Å². The minimum absolute atomic E-state index is 0.0426. The third-order valence-corrected chi connectivity index (χ3v) is 6.89. The SMILES string of the molecule is Cc1ncc(-c2cnc(OCCC(C)(C)C)c(F)c2)c(N2CCC(C)(C)CC2)c1C(OC(C)(C)C)C(=O)O. The van der Waals surface area contributed by atoms with E-state index >= 15 is 4.39 Å². The van der Waals surface area contributed by atoms with Crippen molar-refractivity contribution in [2.75, 3.05) is 24.6 Å². The molecule has 38 heavy (non-hydrogen) atoms. The number of piperidine rings is 1. The van der Waals surface area contributed by atoms with E-state index in [0.29, 0.717) is 34.7 Å². The van der Waals surface area contributed by atoms with E-state index in [1.165, 1.54) is 6.07 Å². The maximum Gasteiger partial charge on any atom is 0.337 e. The van der Waals surface area contributed by atoms with Gasteiger partial charge in [0.25, 0.3) is 0 Å². The molecule has 1 saturated heterocycles. The number of aliphatic carboxylic acids is 1. The van der Waals surface area contributed by atoms with Gasteiger partial charge < -0.3 is 19.5 Å². The molecule has 0 saturated carbocycles. The first-order valence-electron chi connectivity index (χ1n) is 13.4. The average Bonchev–Trinajstić information content (AvgIpc) is 2.77. The van der Waals surface area contributed by atoms with Gasteiger partial charge in [0.2, 0.25) is 5.88 Å². The van der Waals surface area contributed by atoms with E-state index in [0.717, 1.165) is 32.4 Å². The van der Waals surface area contributed by atoms with E-state index in [4.69, 9.17) is 9.47 Å². The maximum atomic E-state index is 15.2. The van der Waals surface area contributed by atoms with Crippen LogP contribution in [0.15, 0.2) is 18.5 Å². The predicted molar refractivity (Wildman–Crippen MR) is 148 cm³/mol.